The normalized spacial score (nSPS) is 26.3. The molecular formula is C32H56ClN5O3. The molecule has 1 aliphatic carbocycles. The van der Waals surface area contributed by atoms with Crippen LogP contribution in [0.1, 0.15) is 104 Å². The smallest absolute Gasteiger partial charge is 0.232 e. The number of halogens is 1. The molecule has 0 aromatic carbocycles. The van der Waals surface area contributed by atoms with Crippen molar-refractivity contribution in [2.45, 2.75) is 121 Å². The number of carbonyl (C=O) groups excluding carboxylic acids is 1. The van der Waals surface area contributed by atoms with Crippen molar-refractivity contribution in [3.63, 3.8) is 0 Å². The molecule has 0 radical (unpaired) electrons. The summed E-state index contributed by atoms with van der Waals surface area (Å²) in [5.41, 5.74) is 14.5. The molecule has 3 aliphatic rings. The standard InChI is InChI=1S/C32H56ClN5O3/c1-3-5-6-8-13-25-29(26(15-19-36-25)41-21-11-20-39)38-31(40)27(30(34)35)28-24(12-4-2)32(16-9-7-10-17-32)18-14-23(33)22-37-28/h14,18,23-24,27-28,30,37,39H,3-13,15-17,19-22,34-35H2,1-2H3,(H,38,40)/b18-14-. The second-order valence-corrected chi connectivity index (χ2v) is 12.8. The second-order valence-electron chi connectivity index (χ2n) is 12.2. The SMILES string of the molecule is CCCCCCC1=NCCC(OCCCO)=C1NC(=O)C(C(N)N)C1NCC(Cl)/C=C\C2(CCCCC2)C1CCC. The van der Waals surface area contributed by atoms with Gasteiger partial charge >= 0.3 is 0 Å². The molecule has 0 bridgehead atoms. The molecule has 4 atom stereocenters. The molecule has 1 spiro atoms. The molecule has 0 aromatic heterocycles. The molecule has 3 rings (SSSR count). The molecule has 2 heterocycles. The minimum atomic E-state index is -0.849. The number of nitrogens with two attached hydrogens (primary N) is 2. The Morgan fingerprint density at radius 1 is 1.20 bits per heavy atom. The maximum absolute atomic E-state index is 14.3. The molecule has 0 aromatic rings. The number of dihydropyridines is 1. The molecule has 1 saturated carbocycles. The van der Waals surface area contributed by atoms with E-state index in [0.29, 0.717) is 38.2 Å². The zero-order chi connectivity index (χ0) is 29.7. The highest BCUT2D eigenvalue weighted by Crippen LogP contribution is 2.49. The van der Waals surface area contributed by atoms with Crippen LogP contribution >= 0.6 is 11.6 Å². The van der Waals surface area contributed by atoms with Gasteiger partial charge in [-0.1, -0.05) is 70.9 Å². The largest absolute Gasteiger partial charge is 0.496 e. The number of nitrogens with zero attached hydrogens (tertiary/aromatic N) is 1. The van der Waals surface area contributed by atoms with Gasteiger partial charge < -0.3 is 31.9 Å². The van der Waals surface area contributed by atoms with Crippen LogP contribution < -0.4 is 22.1 Å². The third-order valence-corrected chi connectivity index (χ3v) is 9.45. The van der Waals surface area contributed by atoms with Crippen molar-refractivity contribution in [1.29, 1.82) is 0 Å². The van der Waals surface area contributed by atoms with E-state index in [4.69, 9.17) is 32.8 Å². The van der Waals surface area contributed by atoms with Crippen LogP contribution in [-0.2, 0) is 9.53 Å². The number of hydrogen-bond donors (Lipinski definition) is 5. The third kappa shape index (κ3) is 9.52. The van der Waals surface area contributed by atoms with Crippen molar-refractivity contribution >= 4 is 23.2 Å². The number of carbonyl (C=O) groups is 1. The van der Waals surface area contributed by atoms with Crippen molar-refractivity contribution in [2.24, 2.45) is 33.7 Å². The van der Waals surface area contributed by atoms with Gasteiger partial charge in [0.1, 0.15) is 11.5 Å². The van der Waals surface area contributed by atoms with Gasteiger partial charge in [-0.05, 0) is 43.4 Å². The Morgan fingerprint density at radius 2 is 1.98 bits per heavy atom. The summed E-state index contributed by atoms with van der Waals surface area (Å²) in [6.07, 6.45) is 17.8. The Labute approximate surface area is 253 Å². The van der Waals surface area contributed by atoms with Crippen LogP contribution in [0.25, 0.3) is 0 Å². The molecule has 9 heteroatoms. The van der Waals surface area contributed by atoms with Gasteiger partial charge in [0.25, 0.3) is 0 Å². The number of amides is 1. The van der Waals surface area contributed by atoms with Crippen molar-refractivity contribution in [3.8, 4) is 0 Å². The molecule has 2 aliphatic heterocycles. The van der Waals surface area contributed by atoms with Crippen LogP contribution in [0.2, 0.25) is 0 Å². The van der Waals surface area contributed by atoms with Crippen LogP contribution in [-0.4, -0.2) is 60.6 Å². The summed E-state index contributed by atoms with van der Waals surface area (Å²) < 4.78 is 6.10. The molecule has 1 amide bonds. The van der Waals surface area contributed by atoms with E-state index in [1.54, 1.807) is 0 Å². The first-order valence-corrected chi connectivity index (χ1v) is 16.7. The van der Waals surface area contributed by atoms with Crippen LogP contribution in [0.15, 0.2) is 28.6 Å². The van der Waals surface area contributed by atoms with E-state index in [1.165, 1.54) is 25.7 Å². The molecule has 41 heavy (non-hydrogen) atoms. The number of aliphatic imine (C=N–C) groups is 1. The quantitative estimate of drug-likeness (QED) is 0.0794. The van der Waals surface area contributed by atoms with E-state index >= 15 is 0 Å². The Bertz CT molecular complexity index is 900. The van der Waals surface area contributed by atoms with Crippen molar-refractivity contribution in [1.82, 2.24) is 10.6 Å². The monoisotopic (exact) mass is 593 g/mol. The van der Waals surface area contributed by atoms with E-state index in [1.807, 2.05) is 0 Å². The van der Waals surface area contributed by atoms with Crippen LogP contribution in [0, 0.1) is 17.3 Å². The minimum absolute atomic E-state index is 0.0263. The number of aliphatic hydroxyl groups is 1. The van der Waals surface area contributed by atoms with Gasteiger partial charge in [0.15, 0.2) is 0 Å². The summed E-state index contributed by atoms with van der Waals surface area (Å²) in [6.45, 7) is 6.04. The molecular weight excluding hydrogens is 538 g/mol. The average molecular weight is 594 g/mol. The number of ether oxygens (including phenoxy) is 1. The number of allylic oxidation sites excluding steroid dienone is 2. The number of rotatable bonds is 15. The lowest BCUT2D eigenvalue weighted by Gasteiger charge is -2.49. The second kappa shape index (κ2) is 17.6. The summed E-state index contributed by atoms with van der Waals surface area (Å²) in [4.78, 5) is 19.1. The van der Waals surface area contributed by atoms with Gasteiger partial charge in [-0.15, -0.1) is 11.6 Å². The number of hydrogen-bond acceptors (Lipinski definition) is 7. The summed E-state index contributed by atoms with van der Waals surface area (Å²) in [6, 6.07) is -0.216. The van der Waals surface area contributed by atoms with Crippen molar-refractivity contribution in [3.05, 3.63) is 23.6 Å². The first-order valence-electron chi connectivity index (χ1n) is 16.3. The minimum Gasteiger partial charge on any atom is -0.496 e. The molecule has 4 unspecified atom stereocenters. The fraction of sp³-hybridized carbons (Fsp3) is 0.812. The zero-order valence-electron chi connectivity index (χ0n) is 25.5. The first kappa shape index (κ1) is 34.0. The van der Waals surface area contributed by atoms with Gasteiger partial charge in [0.05, 0.1) is 29.8 Å². The van der Waals surface area contributed by atoms with Crippen molar-refractivity contribution in [2.75, 3.05) is 26.3 Å². The summed E-state index contributed by atoms with van der Waals surface area (Å²) in [7, 11) is 0. The number of unbranched alkanes of at least 4 members (excludes halogenated alkanes) is 3. The average Bonchev–Trinajstić information content (AvgIpc) is 2.96. The number of alkyl halides is 1. The summed E-state index contributed by atoms with van der Waals surface area (Å²) >= 11 is 6.71. The van der Waals surface area contributed by atoms with Crippen molar-refractivity contribution < 1.29 is 14.6 Å². The van der Waals surface area contributed by atoms with E-state index in [-0.39, 0.29) is 35.3 Å². The third-order valence-electron chi connectivity index (χ3n) is 9.15. The summed E-state index contributed by atoms with van der Waals surface area (Å²) in [5, 5.41) is 16.1. The predicted molar refractivity (Wildman–Crippen MR) is 169 cm³/mol. The highest BCUT2D eigenvalue weighted by atomic mass is 35.5. The van der Waals surface area contributed by atoms with Gasteiger partial charge in [0, 0.05) is 38.6 Å². The molecule has 8 nitrogen and oxygen atoms in total. The fourth-order valence-corrected chi connectivity index (χ4v) is 7.21. The molecule has 1 fully saturated rings. The molecule has 7 N–H and O–H groups in total. The Balaban J connectivity index is 1.94. The van der Waals surface area contributed by atoms with E-state index in [2.05, 4.69) is 36.6 Å². The Kier molecular flexibility index (Phi) is 14.6. The molecule has 234 valence electrons. The van der Waals surface area contributed by atoms with Crippen LogP contribution in [0.3, 0.4) is 0 Å². The highest BCUT2D eigenvalue weighted by Gasteiger charge is 2.47. The summed E-state index contributed by atoms with van der Waals surface area (Å²) in [5.74, 6) is 0.0954. The highest BCUT2D eigenvalue weighted by molar-refractivity contribution is 6.22. The van der Waals surface area contributed by atoms with E-state index in [0.717, 1.165) is 62.8 Å². The van der Waals surface area contributed by atoms with E-state index in [9.17, 15) is 9.90 Å². The van der Waals surface area contributed by atoms with E-state index < -0.39 is 12.1 Å². The van der Waals surface area contributed by atoms with Gasteiger partial charge in [-0.2, -0.15) is 0 Å². The van der Waals surface area contributed by atoms with Crippen LogP contribution in [0.4, 0.5) is 0 Å². The Hall–Kier alpha value is -1.45. The first-order chi connectivity index (χ1) is 19.9. The lowest BCUT2D eigenvalue weighted by Crippen LogP contribution is -2.61. The zero-order valence-corrected chi connectivity index (χ0v) is 26.3. The lowest BCUT2D eigenvalue weighted by atomic mass is 9.59. The molecule has 0 saturated heterocycles. The maximum Gasteiger partial charge on any atom is 0.232 e. The predicted octanol–water partition coefficient (Wildman–Crippen LogP) is 4.89. The number of aliphatic hydroxyl groups excluding tert-OH is 1. The van der Waals surface area contributed by atoms with Gasteiger partial charge in [0.2, 0.25) is 5.91 Å². The van der Waals surface area contributed by atoms with Crippen LogP contribution in [0.5, 0.6) is 0 Å². The topological polar surface area (TPSA) is 135 Å². The van der Waals surface area contributed by atoms with Gasteiger partial charge in [-0.3, -0.25) is 9.79 Å². The maximum atomic E-state index is 14.3. The fourth-order valence-electron chi connectivity index (χ4n) is 7.05. The Morgan fingerprint density at radius 3 is 2.66 bits per heavy atom. The lowest BCUT2D eigenvalue weighted by molar-refractivity contribution is -0.127. The van der Waals surface area contributed by atoms with Gasteiger partial charge in [-0.25, -0.2) is 0 Å². The number of nitrogens with one attached hydrogen (secondary N) is 2.